The van der Waals surface area contributed by atoms with Crippen LogP contribution in [-0.2, 0) is 13.6 Å². The van der Waals surface area contributed by atoms with E-state index in [1.54, 1.807) is 21.8 Å². The van der Waals surface area contributed by atoms with Crippen molar-refractivity contribution in [2.45, 2.75) is 20.4 Å². The third kappa shape index (κ3) is 2.98. The molecule has 3 aromatic rings. The molecule has 3 rings (SSSR count). The third-order valence-electron chi connectivity index (χ3n) is 3.74. The summed E-state index contributed by atoms with van der Waals surface area (Å²) in [5.41, 5.74) is 3.14. The number of aromatic nitrogens is 5. The molecule has 0 saturated carbocycles. The van der Waals surface area contributed by atoms with Gasteiger partial charge in [0.1, 0.15) is 0 Å². The van der Waals surface area contributed by atoms with Gasteiger partial charge < -0.3 is 5.32 Å². The van der Waals surface area contributed by atoms with Crippen LogP contribution in [0.2, 0.25) is 0 Å². The van der Waals surface area contributed by atoms with Crippen molar-refractivity contribution in [3.8, 4) is 5.82 Å². The van der Waals surface area contributed by atoms with Gasteiger partial charge in [-0.2, -0.15) is 10.2 Å². The maximum atomic E-state index is 12.3. The number of nitrogens with zero attached hydrogens (tertiary/aromatic N) is 5. The molecule has 0 aliphatic heterocycles. The van der Waals surface area contributed by atoms with Crippen LogP contribution in [0.3, 0.4) is 0 Å². The summed E-state index contributed by atoms with van der Waals surface area (Å²) in [7, 11) is 1.83. The second-order valence-corrected chi connectivity index (χ2v) is 5.33. The molecule has 7 nitrogen and oxygen atoms in total. The molecule has 3 aromatic heterocycles. The summed E-state index contributed by atoms with van der Waals surface area (Å²) in [4.78, 5) is 16.7. The second-order valence-electron chi connectivity index (χ2n) is 5.33. The molecule has 0 saturated heterocycles. The van der Waals surface area contributed by atoms with Gasteiger partial charge in [-0.15, -0.1) is 0 Å². The van der Waals surface area contributed by atoms with Gasteiger partial charge in [-0.05, 0) is 31.5 Å². The minimum atomic E-state index is -0.121. The highest BCUT2D eigenvalue weighted by atomic mass is 16.1. The number of carbonyl (C=O) groups excluding carboxylic acids is 1. The first-order valence-corrected chi connectivity index (χ1v) is 7.29. The van der Waals surface area contributed by atoms with Gasteiger partial charge in [0.05, 0.1) is 11.3 Å². The third-order valence-corrected chi connectivity index (χ3v) is 3.74. The number of amides is 1. The standard InChI is InChI=1S/C16H18N6O/c1-11-15(12(2)21(3)20-11)16(23)18-10-13-5-6-14(17-9-13)22-8-4-7-19-22/h4-9H,10H2,1-3H3,(H,18,23). The zero-order chi connectivity index (χ0) is 16.4. The van der Waals surface area contributed by atoms with E-state index in [2.05, 4.69) is 20.5 Å². The number of hydrogen-bond donors (Lipinski definition) is 1. The molecule has 0 unspecified atom stereocenters. The summed E-state index contributed by atoms with van der Waals surface area (Å²) in [5.74, 6) is 0.619. The highest BCUT2D eigenvalue weighted by molar-refractivity contribution is 5.96. The van der Waals surface area contributed by atoms with Gasteiger partial charge in [-0.25, -0.2) is 9.67 Å². The molecule has 0 spiro atoms. The molecule has 0 aliphatic carbocycles. The number of rotatable bonds is 4. The molecule has 0 bridgehead atoms. The molecule has 0 radical (unpaired) electrons. The van der Waals surface area contributed by atoms with Gasteiger partial charge in [-0.3, -0.25) is 9.48 Å². The summed E-state index contributed by atoms with van der Waals surface area (Å²) in [6.07, 6.45) is 5.27. The van der Waals surface area contributed by atoms with E-state index < -0.39 is 0 Å². The van der Waals surface area contributed by atoms with Crippen LogP contribution < -0.4 is 5.32 Å². The maximum absolute atomic E-state index is 12.3. The Bertz CT molecular complexity index is 817. The molecule has 3 heterocycles. The molecule has 0 atom stereocenters. The lowest BCUT2D eigenvalue weighted by atomic mass is 10.2. The van der Waals surface area contributed by atoms with E-state index in [4.69, 9.17) is 0 Å². The average Bonchev–Trinajstić information content (AvgIpc) is 3.15. The molecule has 7 heteroatoms. The lowest BCUT2D eigenvalue weighted by Crippen LogP contribution is -2.24. The van der Waals surface area contributed by atoms with Gasteiger partial charge in [0, 0.05) is 37.9 Å². The summed E-state index contributed by atoms with van der Waals surface area (Å²) in [5, 5.41) is 11.3. The number of carbonyl (C=O) groups is 1. The highest BCUT2D eigenvalue weighted by Crippen LogP contribution is 2.12. The highest BCUT2D eigenvalue weighted by Gasteiger charge is 2.16. The van der Waals surface area contributed by atoms with Crippen LogP contribution in [0.4, 0.5) is 0 Å². The van der Waals surface area contributed by atoms with Crippen molar-refractivity contribution >= 4 is 5.91 Å². The SMILES string of the molecule is Cc1nn(C)c(C)c1C(=O)NCc1ccc(-n2cccn2)nc1. The summed E-state index contributed by atoms with van der Waals surface area (Å²) in [6.45, 7) is 4.14. The largest absolute Gasteiger partial charge is 0.348 e. The molecule has 118 valence electrons. The lowest BCUT2D eigenvalue weighted by Gasteiger charge is -2.07. The molecule has 0 aromatic carbocycles. The van der Waals surface area contributed by atoms with Crippen LogP contribution in [0, 0.1) is 13.8 Å². The quantitative estimate of drug-likeness (QED) is 0.793. The predicted molar refractivity (Wildman–Crippen MR) is 85.2 cm³/mol. The molecular formula is C16H18N6O. The van der Waals surface area contributed by atoms with Crippen LogP contribution in [0.15, 0.2) is 36.8 Å². The monoisotopic (exact) mass is 310 g/mol. The van der Waals surface area contributed by atoms with Crippen molar-refractivity contribution in [2.24, 2.45) is 7.05 Å². The summed E-state index contributed by atoms with van der Waals surface area (Å²) < 4.78 is 3.40. The van der Waals surface area contributed by atoms with Crippen LogP contribution in [0.25, 0.3) is 5.82 Å². The summed E-state index contributed by atoms with van der Waals surface area (Å²) in [6, 6.07) is 5.64. The first-order valence-electron chi connectivity index (χ1n) is 7.29. The van der Waals surface area contributed by atoms with Gasteiger partial charge >= 0.3 is 0 Å². The van der Waals surface area contributed by atoms with Crippen molar-refractivity contribution in [3.63, 3.8) is 0 Å². The fourth-order valence-corrected chi connectivity index (χ4v) is 2.43. The minimum absolute atomic E-state index is 0.121. The van der Waals surface area contributed by atoms with Crippen molar-refractivity contribution in [2.75, 3.05) is 0 Å². The van der Waals surface area contributed by atoms with Crippen molar-refractivity contribution < 1.29 is 4.79 Å². The number of aryl methyl sites for hydroxylation is 2. The zero-order valence-corrected chi connectivity index (χ0v) is 13.3. The van der Waals surface area contributed by atoms with Crippen molar-refractivity contribution in [3.05, 3.63) is 59.3 Å². The fraction of sp³-hybridized carbons (Fsp3) is 0.250. The Kier molecular flexibility index (Phi) is 3.92. The van der Waals surface area contributed by atoms with E-state index in [1.807, 2.05) is 45.3 Å². The number of nitrogens with one attached hydrogen (secondary N) is 1. The van der Waals surface area contributed by atoms with Crippen LogP contribution in [-0.4, -0.2) is 30.5 Å². The molecule has 0 aliphatic rings. The zero-order valence-electron chi connectivity index (χ0n) is 13.3. The summed E-state index contributed by atoms with van der Waals surface area (Å²) >= 11 is 0. The van der Waals surface area contributed by atoms with E-state index in [-0.39, 0.29) is 5.91 Å². The molecule has 0 fully saturated rings. The molecule has 23 heavy (non-hydrogen) atoms. The smallest absolute Gasteiger partial charge is 0.255 e. The van der Waals surface area contributed by atoms with Crippen molar-refractivity contribution in [1.29, 1.82) is 0 Å². The first-order chi connectivity index (χ1) is 11.1. The Morgan fingerprint density at radius 1 is 1.30 bits per heavy atom. The van der Waals surface area contributed by atoms with E-state index in [1.165, 1.54) is 0 Å². The molecule has 1 amide bonds. The van der Waals surface area contributed by atoms with E-state index in [0.29, 0.717) is 12.1 Å². The molecular weight excluding hydrogens is 292 g/mol. The Morgan fingerprint density at radius 3 is 2.70 bits per heavy atom. The maximum Gasteiger partial charge on any atom is 0.255 e. The Balaban J connectivity index is 1.67. The first kappa shape index (κ1) is 15.0. The topological polar surface area (TPSA) is 77.6 Å². The van der Waals surface area contributed by atoms with E-state index >= 15 is 0 Å². The van der Waals surface area contributed by atoms with Crippen LogP contribution in [0.5, 0.6) is 0 Å². The average molecular weight is 310 g/mol. The predicted octanol–water partition coefficient (Wildman–Crippen LogP) is 1.55. The second kappa shape index (κ2) is 6.04. The van der Waals surface area contributed by atoms with Crippen LogP contribution in [0.1, 0.15) is 27.3 Å². The Hall–Kier alpha value is -2.96. The van der Waals surface area contributed by atoms with Gasteiger partial charge in [0.2, 0.25) is 0 Å². The van der Waals surface area contributed by atoms with Crippen LogP contribution >= 0.6 is 0 Å². The fourth-order valence-electron chi connectivity index (χ4n) is 2.43. The minimum Gasteiger partial charge on any atom is -0.348 e. The molecule has 1 N–H and O–H groups in total. The number of hydrogen-bond acceptors (Lipinski definition) is 4. The Morgan fingerprint density at radius 2 is 2.13 bits per heavy atom. The lowest BCUT2D eigenvalue weighted by molar-refractivity contribution is 0.0949. The van der Waals surface area contributed by atoms with Crippen molar-refractivity contribution in [1.82, 2.24) is 29.9 Å². The van der Waals surface area contributed by atoms with Gasteiger partial charge in [0.25, 0.3) is 5.91 Å². The van der Waals surface area contributed by atoms with E-state index in [9.17, 15) is 4.79 Å². The van der Waals surface area contributed by atoms with E-state index in [0.717, 1.165) is 22.8 Å². The Labute approximate surface area is 134 Å². The number of pyridine rings is 1. The van der Waals surface area contributed by atoms with Gasteiger partial charge in [-0.1, -0.05) is 6.07 Å². The normalized spacial score (nSPS) is 10.7. The van der Waals surface area contributed by atoms with Gasteiger partial charge in [0.15, 0.2) is 5.82 Å².